The molecule has 1 aliphatic rings. The maximum atomic E-state index is 12.7. The van der Waals surface area contributed by atoms with Gasteiger partial charge in [0, 0.05) is 0 Å². The van der Waals surface area contributed by atoms with E-state index >= 15 is 0 Å². The maximum Gasteiger partial charge on any atom is 0.266 e. The van der Waals surface area contributed by atoms with Gasteiger partial charge < -0.3 is 10.6 Å². The largest absolute Gasteiger partial charge is 0.342 e. The predicted molar refractivity (Wildman–Crippen MR) is 101 cm³/mol. The van der Waals surface area contributed by atoms with Crippen LogP contribution in [0, 0.1) is 0 Å². The van der Waals surface area contributed by atoms with Crippen LogP contribution in [0.3, 0.4) is 0 Å². The van der Waals surface area contributed by atoms with Crippen molar-refractivity contribution in [3.05, 3.63) is 53.6 Å². The third-order valence-corrected chi connectivity index (χ3v) is 5.17. The molecule has 2 heterocycles. The summed E-state index contributed by atoms with van der Waals surface area (Å²) >= 11 is 12.7. The average molecular weight is 375 g/mol. The molecule has 0 saturated carbocycles. The quantitative estimate of drug-likeness (QED) is 0.666. The van der Waals surface area contributed by atoms with Crippen LogP contribution in [0.2, 0.25) is 5.02 Å². The van der Waals surface area contributed by atoms with Gasteiger partial charge in [-0.1, -0.05) is 47.6 Å². The lowest BCUT2D eigenvalue weighted by atomic mass is 10.3. The van der Waals surface area contributed by atoms with Crippen LogP contribution in [0.1, 0.15) is 4.79 Å². The smallest absolute Gasteiger partial charge is 0.266 e. The molecular weight excluding hydrogens is 364 g/mol. The molecule has 8 heteroatoms. The van der Waals surface area contributed by atoms with E-state index in [1.807, 2.05) is 42.5 Å². The fourth-order valence-corrected chi connectivity index (χ4v) is 4.02. The molecule has 0 spiro atoms. The number of halogens is 1. The number of rotatable bonds is 2. The minimum atomic E-state index is -0.514. The summed E-state index contributed by atoms with van der Waals surface area (Å²) in [6, 6.07) is 14.8. The van der Waals surface area contributed by atoms with Crippen LogP contribution in [0.5, 0.6) is 0 Å². The first-order valence-electron chi connectivity index (χ1n) is 7.14. The summed E-state index contributed by atoms with van der Waals surface area (Å²) in [5, 5.41) is 7.07. The van der Waals surface area contributed by atoms with Gasteiger partial charge in [0.2, 0.25) is 0 Å². The Balaban J connectivity index is 1.51. The molecule has 24 heavy (non-hydrogen) atoms. The Hall–Kier alpha value is -2.09. The van der Waals surface area contributed by atoms with Crippen molar-refractivity contribution in [3.63, 3.8) is 0 Å². The summed E-state index contributed by atoms with van der Waals surface area (Å²) in [4.78, 5) is 17.1. The second kappa shape index (κ2) is 6.08. The molecule has 2 aromatic carbocycles. The summed E-state index contributed by atoms with van der Waals surface area (Å²) in [6.07, 6.45) is 0. The third kappa shape index (κ3) is 2.64. The molecule has 3 aromatic rings. The van der Waals surface area contributed by atoms with Crippen LogP contribution in [-0.4, -0.2) is 25.9 Å². The molecule has 2 N–H and O–H groups in total. The minimum absolute atomic E-state index is 0.0907. The Morgan fingerprint density at radius 2 is 1.96 bits per heavy atom. The lowest BCUT2D eigenvalue weighted by Gasteiger charge is -2.14. The molecule has 1 unspecified atom stereocenters. The topological polar surface area (TPSA) is 59.0 Å². The molecule has 5 nitrogen and oxygen atoms in total. The van der Waals surface area contributed by atoms with Gasteiger partial charge in [0.1, 0.15) is 0 Å². The number of nitrogens with zero attached hydrogens (tertiary/aromatic N) is 2. The number of carbonyl (C=O) groups is 1. The Labute approximate surface area is 152 Å². The summed E-state index contributed by atoms with van der Waals surface area (Å²) in [5.41, 5.74) is 2.30. The lowest BCUT2D eigenvalue weighted by molar-refractivity contribution is 0.0910. The van der Waals surface area contributed by atoms with Crippen LogP contribution in [0.15, 0.2) is 53.7 Å². The van der Waals surface area contributed by atoms with Crippen LogP contribution in [0.4, 0.5) is 5.69 Å². The highest BCUT2D eigenvalue weighted by molar-refractivity contribution is 8.01. The lowest BCUT2D eigenvalue weighted by Crippen LogP contribution is -2.40. The number of nitrogens with one attached hydrogen (secondary N) is 2. The van der Waals surface area contributed by atoms with Gasteiger partial charge in [0.05, 0.1) is 21.7 Å². The highest BCUT2D eigenvalue weighted by Crippen LogP contribution is 2.33. The number of carbonyl (C=O) groups excluding carboxylic acids is 1. The second-order valence-electron chi connectivity index (χ2n) is 5.13. The molecule has 1 aromatic heterocycles. The van der Waals surface area contributed by atoms with Crippen molar-refractivity contribution < 1.29 is 4.79 Å². The van der Waals surface area contributed by atoms with E-state index in [1.165, 1.54) is 11.8 Å². The van der Waals surface area contributed by atoms with E-state index in [0.29, 0.717) is 21.0 Å². The average Bonchev–Trinajstić information content (AvgIpc) is 3.07. The zero-order valence-electron chi connectivity index (χ0n) is 12.2. The molecule has 0 aliphatic carbocycles. The zero-order valence-corrected chi connectivity index (χ0v) is 14.6. The Morgan fingerprint density at radius 3 is 2.79 bits per heavy atom. The Kier molecular flexibility index (Phi) is 3.91. The summed E-state index contributed by atoms with van der Waals surface area (Å²) < 4.78 is 1.62. The van der Waals surface area contributed by atoms with E-state index in [1.54, 1.807) is 10.6 Å². The van der Waals surface area contributed by atoms with Crippen LogP contribution < -0.4 is 10.6 Å². The maximum absolute atomic E-state index is 12.7. The number of aromatic nitrogens is 2. The normalized spacial score (nSPS) is 16.2. The first kappa shape index (κ1) is 15.4. The fraction of sp³-hybridized carbons (Fsp3) is 0.0625. The van der Waals surface area contributed by atoms with Crippen molar-refractivity contribution in [1.82, 2.24) is 14.9 Å². The van der Waals surface area contributed by atoms with E-state index in [4.69, 9.17) is 23.8 Å². The molecular formula is C16H11ClN4OS2. The number of thiocarbonyl (C=S) groups is 1. The number of hydrogen-bond donors (Lipinski definition) is 2. The summed E-state index contributed by atoms with van der Waals surface area (Å²) in [7, 11) is 0. The predicted octanol–water partition coefficient (Wildman–Crippen LogP) is 3.75. The van der Waals surface area contributed by atoms with Gasteiger partial charge in [-0.05, 0) is 36.5 Å². The molecule has 0 amide bonds. The fourth-order valence-electron chi connectivity index (χ4n) is 2.50. The van der Waals surface area contributed by atoms with Crippen molar-refractivity contribution in [2.75, 3.05) is 5.32 Å². The molecule has 4 rings (SSSR count). The van der Waals surface area contributed by atoms with Gasteiger partial charge in [0.25, 0.3) is 5.91 Å². The van der Waals surface area contributed by atoms with Gasteiger partial charge in [-0.15, -0.1) is 0 Å². The number of imidazole rings is 1. The number of thioether (sulfide) groups is 1. The SMILES string of the molecule is O=C1C(NC(=S)Nc2ccccc2Cl)Sc2nc3ccccc3n21. The number of benzene rings is 2. The van der Waals surface area contributed by atoms with Gasteiger partial charge in [-0.3, -0.25) is 9.36 Å². The van der Waals surface area contributed by atoms with Crippen molar-refractivity contribution in [3.8, 4) is 0 Å². The van der Waals surface area contributed by atoms with E-state index in [9.17, 15) is 4.79 Å². The van der Waals surface area contributed by atoms with Crippen molar-refractivity contribution in [2.45, 2.75) is 10.5 Å². The number of para-hydroxylation sites is 3. The van der Waals surface area contributed by atoms with Gasteiger partial charge >= 0.3 is 0 Å². The number of anilines is 1. The van der Waals surface area contributed by atoms with E-state index in [-0.39, 0.29) is 5.91 Å². The van der Waals surface area contributed by atoms with Gasteiger partial charge in [0.15, 0.2) is 15.6 Å². The van der Waals surface area contributed by atoms with Crippen LogP contribution in [0.25, 0.3) is 11.0 Å². The van der Waals surface area contributed by atoms with Crippen LogP contribution in [-0.2, 0) is 0 Å². The highest BCUT2D eigenvalue weighted by atomic mass is 35.5. The Bertz CT molecular complexity index is 972. The van der Waals surface area contributed by atoms with E-state index < -0.39 is 5.37 Å². The molecule has 0 fully saturated rings. The van der Waals surface area contributed by atoms with Gasteiger partial charge in [-0.2, -0.15) is 0 Å². The van der Waals surface area contributed by atoms with Crippen molar-refractivity contribution in [1.29, 1.82) is 0 Å². The number of hydrogen-bond acceptors (Lipinski definition) is 4. The molecule has 1 atom stereocenters. The number of fused-ring (bicyclic) bond motifs is 3. The van der Waals surface area contributed by atoms with Crippen molar-refractivity contribution in [2.24, 2.45) is 0 Å². The zero-order chi connectivity index (χ0) is 16.7. The summed E-state index contributed by atoms with van der Waals surface area (Å²) in [6.45, 7) is 0. The molecule has 0 bridgehead atoms. The first-order chi connectivity index (χ1) is 11.6. The summed E-state index contributed by atoms with van der Waals surface area (Å²) in [5.74, 6) is -0.0907. The van der Waals surface area contributed by atoms with E-state index in [0.717, 1.165) is 11.0 Å². The van der Waals surface area contributed by atoms with E-state index in [2.05, 4.69) is 15.6 Å². The first-order valence-corrected chi connectivity index (χ1v) is 8.80. The second-order valence-corrected chi connectivity index (χ2v) is 7.02. The monoisotopic (exact) mass is 374 g/mol. The molecule has 120 valence electrons. The highest BCUT2D eigenvalue weighted by Gasteiger charge is 2.34. The van der Waals surface area contributed by atoms with Crippen molar-refractivity contribution >= 4 is 63.3 Å². The van der Waals surface area contributed by atoms with Crippen LogP contribution >= 0.6 is 35.6 Å². The molecule has 1 aliphatic heterocycles. The third-order valence-electron chi connectivity index (χ3n) is 3.58. The molecule has 0 saturated heterocycles. The van der Waals surface area contributed by atoms with Gasteiger partial charge in [-0.25, -0.2) is 4.98 Å². The Morgan fingerprint density at radius 1 is 1.21 bits per heavy atom. The molecule has 0 radical (unpaired) electrons. The standard InChI is InChI=1S/C16H11ClN4OS2/c17-9-5-1-2-6-10(9)18-15(23)20-13-14(22)21-12-8-4-3-7-11(12)19-16(21)24-13/h1-8,13H,(H2,18,20,23). The minimum Gasteiger partial charge on any atom is -0.342 e.